The number of fused-ring (bicyclic) bond motifs is 3. The van der Waals surface area contributed by atoms with Crippen LogP contribution in [0, 0.1) is 12.8 Å². The first-order valence-electron chi connectivity index (χ1n) is 10.9. The Kier molecular flexibility index (Phi) is 4.95. The van der Waals surface area contributed by atoms with Gasteiger partial charge in [0.1, 0.15) is 33.3 Å². The summed E-state index contributed by atoms with van der Waals surface area (Å²) in [6.45, 7) is 5.56. The molecule has 2 unspecified atom stereocenters. The van der Waals surface area contributed by atoms with Gasteiger partial charge in [0.25, 0.3) is 0 Å². The highest BCUT2D eigenvalue weighted by Crippen LogP contribution is 2.49. The summed E-state index contributed by atoms with van der Waals surface area (Å²) in [7, 11) is 12.6. The molecule has 0 bridgehead atoms. The van der Waals surface area contributed by atoms with E-state index in [-0.39, 0.29) is 22.9 Å². The van der Waals surface area contributed by atoms with Crippen LogP contribution in [0.5, 0.6) is 11.5 Å². The molecule has 0 spiro atoms. The maximum atomic E-state index is 11.3. The summed E-state index contributed by atoms with van der Waals surface area (Å²) < 4.78 is 1.88. The third-order valence-corrected chi connectivity index (χ3v) is 7.03. The van der Waals surface area contributed by atoms with Crippen molar-refractivity contribution in [3.05, 3.63) is 77.0 Å². The van der Waals surface area contributed by atoms with E-state index in [9.17, 15) is 15.3 Å². The van der Waals surface area contributed by atoms with Crippen molar-refractivity contribution in [1.29, 1.82) is 0 Å². The fraction of sp³-hybridized carbons (Fsp3) is 0.185. The molecule has 3 aromatic carbocycles. The van der Waals surface area contributed by atoms with Gasteiger partial charge in [-0.2, -0.15) is 0 Å². The Labute approximate surface area is 195 Å². The number of benzene rings is 3. The Hall–Kier alpha value is -3.37. The van der Waals surface area contributed by atoms with Crippen LogP contribution in [0.2, 0.25) is 0 Å². The smallest absolute Gasteiger partial charge is 0.124 e. The Balaban J connectivity index is 1.87. The monoisotopic (exact) mass is 431 g/mol. The second kappa shape index (κ2) is 7.60. The molecule has 1 heterocycles. The third-order valence-electron chi connectivity index (χ3n) is 7.03. The maximum Gasteiger partial charge on any atom is 0.124 e. The van der Waals surface area contributed by atoms with E-state index in [2.05, 4.69) is 0 Å². The van der Waals surface area contributed by atoms with Gasteiger partial charge in [-0.15, -0.1) is 0 Å². The number of hydrogen-bond donors (Lipinski definition) is 3. The highest BCUT2D eigenvalue weighted by atomic mass is 16.3. The van der Waals surface area contributed by atoms with Crippen molar-refractivity contribution in [1.82, 2.24) is 4.57 Å². The molecule has 1 aliphatic carbocycles. The van der Waals surface area contributed by atoms with E-state index < -0.39 is 6.10 Å². The number of hydrogen-bond acceptors (Lipinski definition) is 3. The van der Waals surface area contributed by atoms with Crippen LogP contribution in [0.15, 0.2) is 60.2 Å². The van der Waals surface area contributed by atoms with Crippen molar-refractivity contribution in [2.45, 2.75) is 26.9 Å². The van der Waals surface area contributed by atoms with Crippen LogP contribution in [0.25, 0.3) is 33.2 Å². The number of aliphatic hydroxyl groups is 1. The lowest BCUT2D eigenvalue weighted by atomic mass is 9.72. The van der Waals surface area contributed by atoms with E-state index in [1.807, 2.05) is 73.0 Å². The molecular formula is C27H23B2NO3. The van der Waals surface area contributed by atoms with Crippen LogP contribution in [-0.4, -0.2) is 35.6 Å². The molecule has 1 aromatic heterocycles. The van der Waals surface area contributed by atoms with Gasteiger partial charge in [0, 0.05) is 28.1 Å². The number of phenolic OH excluding ortho intramolecular Hbond substituents is 2. The minimum Gasteiger partial charge on any atom is -0.508 e. The molecule has 4 nitrogen and oxygen atoms in total. The molecule has 160 valence electrons. The number of aromatic nitrogens is 1. The van der Waals surface area contributed by atoms with Gasteiger partial charge in [-0.1, -0.05) is 60.4 Å². The number of nitrogens with zero attached hydrogens (tertiary/aromatic N) is 1. The molecule has 0 amide bonds. The van der Waals surface area contributed by atoms with Gasteiger partial charge in [-0.05, 0) is 42.6 Å². The van der Waals surface area contributed by atoms with E-state index in [0.29, 0.717) is 33.2 Å². The Morgan fingerprint density at radius 2 is 1.45 bits per heavy atom. The van der Waals surface area contributed by atoms with Crippen molar-refractivity contribution in [3.63, 3.8) is 0 Å². The number of aliphatic hydroxyl groups excluding tert-OH is 1. The molecule has 0 aliphatic heterocycles. The molecule has 2 atom stereocenters. The maximum absolute atomic E-state index is 11.3. The average Bonchev–Trinajstić information content (AvgIpc) is 3.20. The van der Waals surface area contributed by atoms with Crippen molar-refractivity contribution in [2.75, 3.05) is 0 Å². The summed E-state index contributed by atoms with van der Waals surface area (Å²) in [4.78, 5) is 0. The molecule has 1 aliphatic rings. The first kappa shape index (κ1) is 21.5. The quantitative estimate of drug-likeness (QED) is 0.413. The minimum absolute atomic E-state index is 0.0991. The van der Waals surface area contributed by atoms with Gasteiger partial charge < -0.3 is 19.9 Å². The second-order valence-electron chi connectivity index (χ2n) is 8.80. The lowest BCUT2D eigenvalue weighted by molar-refractivity contribution is 0.126. The van der Waals surface area contributed by atoms with Gasteiger partial charge in [-0.3, -0.25) is 0 Å². The number of aryl methyl sites for hydroxylation is 1. The summed E-state index contributed by atoms with van der Waals surface area (Å²) >= 11 is 0. The molecule has 4 aromatic rings. The van der Waals surface area contributed by atoms with Gasteiger partial charge in [-0.25, -0.2) is 0 Å². The van der Waals surface area contributed by atoms with Gasteiger partial charge in [0.05, 0.1) is 11.2 Å². The van der Waals surface area contributed by atoms with E-state index in [4.69, 9.17) is 15.7 Å². The predicted octanol–water partition coefficient (Wildman–Crippen LogP) is 4.39. The zero-order valence-electron chi connectivity index (χ0n) is 18.8. The topological polar surface area (TPSA) is 65.6 Å². The van der Waals surface area contributed by atoms with Gasteiger partial charge in [0.15, 0.2) is 0 Å². The molecule has 6 heteroatoms. The van der Waals surface area contributed by atoms with Gasteiger partial charge in [0.2, 0.25) is 0 Å². The van der Waals surface area contributed by atoms with Crippen LogP contribution in [-0.2, 0) is 0 Å². The number of aromatic hydroxyl groups is 2. The lowest BCUT2D eigenvalue weighted by Gasteiger charge is -2.30. The van der Waals surface area contributed by atoms with Crippen molar-refractivity contribution in [3.8, 4) is 28.3 Å². The minimum atomic E-state index is -0.851. The molecule has 33 heavy (non-hydrogen) atoms. The molecule has 0 saturated heterocycles. The summed E-state index contributed by atoms with van der Waals surface area (Å²) in [6, 6.07) is 18.0. The fourth-order valence-corrected chi connectivity index (χ4v) is 4.91. The molecular weight excluding hydrogens is 408 g/mol. The standard InChI is InChI=1S/C27H23B2NO3/c1-13-14(2)26(32)24-19(21(13)28)20-23(15(3)25(31)22(29)27(20)33)30(24)18-11-9-17(10-12-18)16-7-5-4-6-8-16/h4-12,14,26,31-33H,1-3H3. The van der Waals surface area contributed by atoms with E-state index in [1.54, 1.807) is 6.92 Å². The van der Waals surface area contributed by atoms with Crippen LogP contribution in [0.1, 0.15) is 36.8 Å². The lowest BCUT2D eigenvalue weighted by Crippen LogP contribution is -2.21. The molecule has 5 rings (SSSR count). The van der Waals surface area contributed by atoms with E-state index in [0.717, 1.165) is 22.4 Å². The summed E-state index contributed by atoms with van der Waals surface area (Å²) in [5.41, 5.74) is 6.41. The Morgan fingerprint density at radius 1 is 0.848 bits per heavy atom. The number of rotatable bonds is 2. The summed E-state index contributed by atoms with van der Waals surface area (Å²) in [5.74, 6) is -0.627. The number of phenols is 2. The summed E-state index contributed by atoms with van der Waals surface area (Å²) in [6.07, 6.45) is -0.851. The molecule has 0 saturated carbocycles. The van der Waals surface area contributed by atoms with Crippen LogP contribution >= 0.6 is 0 Å². The Morgan fingerprint density at radius 3 is 2.09 bits per heavy atom. The predicted molar refractivity (Wildman–Crippen MR) is 135 cm³/mol. The highest BCUT2D eigenvalue weighted by molar-refractivity contribution is 6.46. The highest BCUT2D eigenvalue weighted by Gasteiger charge is 2.36. The van der Waals surface area contributed by atoms with Crippen molar-refractivity contribution < 1.29 is 15.3 Å². The molecule has 3 N–H and O–H groups in total. The normalized spacial score (nSPS) is 18.1. The third kappa shape index (κ3) is 2.97. The van der Waals surface area contributed by atoms with Gasteiger partial charge >= 0.3 is 0 Å². The zero-order valence-corrected chi connectivity index (χ0v) is 18.8. The zero-order chi connectivity index (χ0) is 23.6. The van der Waals surface area contributed by atoms with Crippen LogP contribution in [0.4, 0.5) is 0 Å². The van der Waals surface area contributed by atoms with Crippen LogP contribution < -0.4 is 5.46 Å². The van der Waals surface area contributed by atoms with E-state index >= 15 is 0 Å². The first-order valence-corrected chi connectivity index (χ1v) is 10.9. The fourth-order valence-electron chi connectivity index (χ4n) is 4.91. The largest absolute Gasteiger partial charge is 0.508 e. The van der Waals surface area contributed by atoms with Crippen molar-refractivity contribution in [2.24, 2.45) is 5.92 Å². The molecule has 4 radical (unpaired) electrons. The first-order chi connectivity index (χ1) is 15.7. The second-order valence-corrected chi connectivity index (χ2v) is 8.80. The molecule has 0 fully saturated rings. The SMILES string of the molecule is [B]C1=C(C)C(C)C(O)c2c1c1c(O)c([B])c(O)c(C)c1n2-c1ccc(-c2ccccc2)cc1. The van der Waals surface area contributed by atoms with E-state index in [1.165, 1.54) is 0 Å². The summed E-state index contributed by atoms with van der Waals surface area (Å²) in [5, 5.41) is 33.4. The average molecular weight is 431 g/mol. The Bertz CT molecular complexity index is 1440. The van der Waals surface area contributed by atoms with Crippen LogP contribution in [0.3, 0.4) is 0 Å². The van der Waals surface area contributed by atoms with Crippen molar-refractivity contribution >= 4 is 37.5 Å².